The van der Waals surface area contributed by atoms with Crippen LogP contribution in [0, 0.1) is 0 Å². The van der Waals surface area contributed by atoms with Gasteiger partial charge in [0.2, 0.25) is 5.91 Å². The van der Waals surface area contributed by atoms with Crippen molar-refractivity contribution in [2.75, 3.05) is 26.2 Å². The minimum atomic E-state index is -0.963. The number of likely N-dealkylation sites (tertiary alicyclic amines) is 1. The average Bonchev–Trinajstić information content (AvgIpc) is 3.99. The number of nitrogens with one attached hydrogen (secondary N) is 3. The average molecular weight is 880 g/mol. The van der Waals surface area contributed by atoms with Gasteiger partial charge in [-0.25, -0.2) is 14.8 Å². The highest BCUT2D eigenvalue weighted by atomic mass is 35.5. The van der Waals surface area contributed by atoms with Gasteiger partial charge in [-0.1, -0.05) is 58.6 Å². The third-order valence-corrected chi connectivity index (χ3v) is 12.2. The Kier molecular flexibility index (Phi) is 14.2. The third kappa shape index (κ3) is 10.8. The van der Waals surface area contributed by atoms with Crippen molar-refractivity contribution < 1.29 is 14.7 Å². The monoisotopic (exact) mass is 878 g/mol. The van der Waals surface area contributed by atoms with E-state index in [-0.39, 0.29) is 5.91 Å². The highest BCUT2D eigenvalue weighted by Gasteiger charge is 2.27. The number of carbonyl (C=O) groups excluding carboxylic acids is 1. The van der Waals surface area contributed by atoms with Crippen LogP contribution < -0.4 is 5.32 Å². The van der Waals surface area contributed by atoms with E-state index in [4.69, 9.17) is 38.3 Å². The van der Waals surface area contributed by atoms with Gasteiger partial charge in [-0.05, 0) is 146 Å². The van der Waals surface area contributed by atoms with Gasteiger partial charge in [-0.15, -0.1) is 0 Å². The van der Waals surface area contributed by atoms with Crippen molar-refractivity contribution >= 4 is 58.4 Å². The number of carboxylic acids is 1. The molecule has 320 valence electrons. The van der Waals surface area contributed by atoms with E-state index in [1.807, 2.05) is 41.6 Å². The summed E-state index contributed by atoms with van der Waals surface area (Å²) < 4.78 is 0. The van der Waals surface area contributed by atoms with Gasteiger partial charge in [0.15, 0.2) is 0 Å². The maximum Gasteiger partial charge on any atom is 0.328 e. The van der Waals surface area contributed by atoms with E-state index < -0.39 is 5.97 Å². The first-order valence-corrected chi connectivity index (χ1v) is 22.0. The fourth-order valence-electron chi connectivity index (χ4n) is 8.64. The molecule has 0 bridgehead atoms. The topological polar surface area (TPSA) is 153 Å². The minimum absolute atomic E-state index is 0.0326. The maximum absolute atomic E-state index is 12.6. The number of rotatable bonds is 4. The van der Waals surface area contributed by atoms with E-state index in [0.717, 1.165) is 92.0 Å². The van der Waals surface area contributed by atoms with E-state index in [9.17, 15) is 9.59 Å². The summed E-state index contributed by atoms with van der Waals surface area (Å²) >= 11 is 12.5. The lowest BCUT2D eigenvalue weighted by Crippen LogP contribution is -2.35. The second kappa shape index (κ2) is 20.6. The number of imidazole rings is 2. The number of aromatic nitrogens is 6. The summed E-state index contributed by atoms with van der Waals surface area (Å²) in [5.74, 6) is -0.931. The molecule has 4 aromatic heterocycles. The summed E-state index contributed by atoms with van der Waals surface area (Å²) in [6, 6.07) is 21.0. The van der Waals surface area contributed by atoms with Crippen LogP contribution in [-0.4, -0.2) is 78.0 Å². The third-order valence-electron chi connectivity index (χ3n) is 11.7. The number of carbonyl (C=O) groups is 2. The van der Waals surface area contributed by atoms with Gasteiger partial charge < -0.3 is 25.3 Å². The van der Waals surface area contributed by atoms with Gasteiger partial charge in [0, 0.05) is 58.8 Å². The Balaban J connectivity index is 0.000000147. The number of benzene rings is 2. The highest BCUT2D eigenvalue weighted by Crippen LogP contribution is 2.39. The molecule has 0 atom stereocenters. The number of carboxylic acid groups (broad SMARTS) is 1. The molecule has 0 spiro atoms. The van der Waals surface area contributed by atoms with Crippen molar-refractivity contribution in [2.24, 2.45) is 0 Å². The lowest BCUT2D eigenvalue weighted by Gasteiger charge is -2.29. The normalized spacial score (nSPS) is 15.8. The molecule has 2 saturated heterocycles. The number of hydrogen-bond acceptors (Lipinski definition) is 7. The molecule has 13 heteroatoms. The van der Waals surface area contributed by atoms with Gasteiger partial charge in [0.25, 0.3) is 0 Å². The van der Waals surface area contributed by atoms with Crippen LogP contribution in [0.25, 0.3) is 23.3 Å². The van der Waals surface area contributed by atoms with Gasteiger partial charge in [-0.2, -0.15) is 0 Å². The van der Waals surface area contributed by atoms with Gasteiger partial charge in [0.05, 0.1) is 47.8 Å². The van der Waals surface area contributed by atoms with Crippen LogP contribution in [0.15, 0.2) is 121 Å². The van der Waals surface area contributed by atoms with Gasteiger partial charge in [0.1, 0.15) is 0 Å². The molecular formula is C50H48Cl2N8O3. The summed E-state index contributed by atoms with van der Waals surface area (Å²) in [6.45, 7) is 3.53. The molecule has 1 amide bonds. The molecule has 4 N–H and O–H groups in total. The van der Waals surface area contributed by atoms with Gasteiger partial charge in [-0.3, -0.25) is 14.8 Å². The highest BCUT2D eigenvalue weighted by molar-refractivity contribution is 6.31. The first-order valence-electron chi connectivity index (χ1n) is 21.3. The molecule has 4 aliphatic rings. The van der Waals surface area contributed by atoms with Crippen LogP contribution in [0.4, 0.5) is 0 Å². The summed E-state index contributed by atoms with van der Waals surface area (Å²) in [5.41, 5.74) is 17.1. The molecular weight excluding hydrogens is 832 g/mol. The number of aryl methyl sites for hydroxylation is 4. The first-order chi connectivity index (χ1) is 30.8. The number of H-pyrrole nitrogens is 2. The van der Waals surface area contributed by atoms with E-state index in [0.29, 0.717) is 18.8 Å². The molecule has 11 nitrogen and oxygen atoms in total. The minimum Gasteiger partial charge on any atom is -0.478 e. The van der Waals surface area contributed by atoms with Crippen molar-refractivity contribution in [3.05, 3.63) is 188 Å². The zero-order chi connectivity index (χ0) is 43.5. The summed E-state index contributed by atoms with van der Waals surface area (Å²) in [7, 11) is 0. The molecule has 6 aromatic rings. The van der Waals surface area contributed by atoms with Crippen LogP contribution in [-0.2, 0) is 35.3 Å². The predicted octanol–water partition coefficient (Wildman–Crippen LogP) is 9.22. The number of nitrogens with zero attached hydrogens (tertiary/aromatic N) is 5. The second-order valence-electron chi connectivity index (χ2n) is 15.7. The summed E-state index contributed by atoms with van der Waals surface area (Å²) in [6.07, 6.45) is 23.9. The second-order valence-corrected chi connectivity index (χ2v) is 16.5. The standard InChI is InChI=1S/C25H23ClN4O.C19H19ClN2.C6H6N2O2/c26-20-5-7-22-19(14-20)4-3-18-2-1-11-28-25(18)24(22)17-9-12-30(13-10-17)23(31)8-6-21-15-27-16-29-21;20-16-5-6-17-15(12-16)4-3-14-2-1-9-22-19(14)18(17)13-7-10-21-11-8-13;9-6(10)2-1-5-3-7-4-8-5/h1-2,5-8,11,14-16H,3-4,9-10,12-13H2,(H,27,29);1-2,5-6,9,12,21H,3-4,7-8,10-11H2;1-4H,(H,7,8)(H,9,10)/b8-6+;;2-1+. The Morgan fingerprint density at radius 1 is 0.619 bits per heavy atom. The van der Waals surface area contributed by atoms with Crippen molar-refractivity contribution in [1.82, 2.24) is 40.1 Å². The predicted molar refractivity (Wildman–Crippen MR) is 249 cm³/mol. The zero-order valence-corrected chi connectivity index (χ0v) is 36.3. The number of piperidine rings is 2. The SMILES string of the molecule is Clc1ccc2c(c1)CCc1cccnc1C2=C1CCNCC1.O=C(/C=C/c1cnc[nH]1)N1CCC(=C2c3ccc(Cl)cc3CCc3cccnc32)CC1.O=C(O)/C=C/c1cnc[nH]1. The number of hydrogen-bond donors (Lipinski definition) is 4. The van der Waals surface area contributed by atoms with Crippen LogP contribution >= 0.6 is 23.2 Å². The zero-order valence-electron chi connectivity index (χ0n) is 34.8. The fourth-order valence-corrected chi connectivity index (χ4v) is 9.02. The molecule has 2 fully saturated rings. The largest absolute Gasteiger partial charge is 0.478 e. The lowest BCUT2D eigenvalue weighted by molar-refractivity contribution is -0.131. The molecule has 0 saturated carbocycles. The first kappa shape index (κ1) is 43.3. The quantitative estimate of drug-likeness (QED) is 0.128. The Bertz CT molecular complexity index is 2690. The lowest BCUT2D eigenvalue weighted by atomic mass is 9.88. The van der Waals surface area contributed by atoms with Crippen LogP contribution in [0.3, 0.4) is 0 Å². The molecule has 0 radical (unpaired) electrons. The fraction of sp³-hybridized carbons (Fsp3) is 0.240. The van der Waals surface area contributed by atoms with Gasteiger partial charge >= 0.3 is 5.97 Å². The van der Waals surface area contributed by atoms with Crippen LogP contribution in [0.2, 0.25) is 10.0 Å². The smallest absolute Gasteiger partial charge is 0.328 e. The Hall–Kier alpha value is -6.40. The number of pyridine rings is 2. The van der Waals surface area contributed by atoms with E-state index in [1.165, 1.54) is 73.8 Å². The summed E-state index contributed by atoms with van der Waals surface area (Å²) in [5, 5.41) is 13.2. The molecule has 2 aromatic carbocycles. The van der Waals surface area contributed by atoms with Crippen molar-refractivity contribution in [3.63, 3.8) is 0 Å². The van der Waals surface area contributed by atoms with Crippen LogP contribution in [0.5, 0.6) is 0 Å². The molecule has 63 heavy (non-hydrogen) atoms. The molecule has 6 heterocycles. The Morgan fingerprint density at radius 3 is 1.60 bits per heavy atom. The van der Waals surface area contributed by atoms with E-state index in [2.05, 4.69) is 61.7 Å². The molecule has 2 aliphatic heterocycles. The van der Waals surface area contributed by atoms with Crippen molar-refractivity contribution in [2.45, 2.75) is 51.4 Å². The number of aliphatic carboxylic acids is 1. The Morgan fingerprint density at radius 2 is 1.11 bits per heavy atom. The molecule has 0 unspecified atom stereocenters. The number of amides is 1. The maximum atomic E-state index is 12.6. The van der Waals surface area contributed by atoms with E-state index in [1.54, 1.807) is 30.9 Å². The van der Waals surface area contributed by atoms with E-state index >= 15 is 0 Å². The number of aromatic amines is 2. The molecule has 2 aliphatic carbocycles. The van der Waals surface area contributed by atoms with Crippen molar-refractivity contribution in [3.8, 4) is 0 Å². The van der Waals surface area contributed by atoms with Crippen molar-refractivity contribution in [1.29, 1.82) is 0 Å². The molecule has 10 rings (SSSR count). The number of fused-ring (bicyclic) bond motifs is 4. The Labute approximate surface area is 376 Å². The number of halogens is 2. The van der Waals surface area contributed by atoms with Crippen LogP contribution in [0.1, 0.15) is 81.8 Å². The summed E-state index contributed by atoms with van der Waals surface area (Å²) in [4.78, 5) is 47.4.